The number of hydrogen-bond acceptors (Lipinski definition) is 2. The van der Waals surface area contributed by atoms with Crippen LogP contribution in [0.25, 0.3) is 0 Å². The zero-order chi connectivity index (χ0) is 8.48. The quantitative estimate of drug-likeness (QED) is 0.615. The first-order valence-corrected chi connectivity index (χ1v) is 3.19. The molecule has 0 saturated heterocycles. The number of aromatic nitrogens is 1. The van der Waals surface area contributed by atoms with Gasteiger partial charge in [-0.3, -0.25) is 0 Å². The van der Waals surface area contributed by atoms with Gasteiger partial charge in [-0.05, 0) is 12.5 Å². The van der Waals surface area contributed by atoms with Crippen molar-refractivity contribution in [2.24, 2.45) is 0 Å². The number of aryl methyl sites for hydroxylation is 1. The first-order chi connectivity index (χ1) is 5.04. The molecule has 0 fully saturated rings. The van der Waals surface area contributed by atoms with E-state index in [0.717, 1.165) is 6.07 Å². The van der Waals surface area contributed by atoms with Crippen LogP contribution in [0.2, 0.25) is 0 Å². The molecule has 2 nitrogen and oxygen atoms in total. The van der Waals surface area contributed by atoms with Crippen LogP contribution in [-0.2, 0) is 6.42 Å². The molecule has 1 rings (SSSR count). The Labute approximate surface area is 61.4 Å². The smallest absolute Gasteiger partial charge is 0.443 e. The Hall–Kier alpha value is -0.935. The maximum absolute atomic E-state index is 11.9. The Balaban J connectivity index is 2.89. The fourth-order valence-corrected chi connectivity index (χ4v) is 0.649. The monoisotopic (exact) mass is 164 g/mol. The van der Waals surface area contributed by atoms with Gasteiger partial charge in [0.05, 0.1) is 11.4 Å². The molecular weight excluding hydrogens is 158 g/mol. The summed E-state index contributed by atoms with van der Waals surface area (Å²) in [5, 5.41) is 3.22. The fraction of sp³-hybridized carbons (Fsp3) is 0.400. The molecule has 0 bridgehead atoms. The maximum Gasteiger partial charge on any atom is 0.547 e. The van der Waals surface area contributed by atoms with Gasteiger partial charge < -0.3 is 17.5 Å². The van der Waals surface area contributed by atoms with Gasteiger partial charge in [0, 0.05) is 0 Å². The molecule has 0 amide bonds. The lowest BCUT2D eigenvalue weighted by Gasteiger charge is -2.07. The third-order valence-corrected chi connectivity index (χ3v) is 1.26. The van der Waals surface area contributed by atoms with Gasteiger partial charge in [0.1, 0.15) is 0 Å². The van der Waals surface area contributed by atoms with E-state index in [0.29, 0.717) is 12.1 Å². The summed E-state index contributed by atoms with van der Waals surface area (Å²) >= 11 is 0. The van der Waals surface area contributed by atoms with Gasteiger partial charge in [-0.2, -0.15) is 0 Å². The molecule has 11 heavy (non-hydrogen) atoms. The lowest BCUT2D eigenvalue weighted by atomic mass is 9.87. The standard InChI is InChI=1S/C5H6BF3NO/c1-2-4-3-5(11-10-4)6(7,8)9/h3H,2H2,1H3/q-1. The first kappa shape index (κ1) is 8.16. The second kappa shape index (κ2) is 2.60. The largest absolute Gasteiger partial charge is 0.547 e. The van der Waals surface area contributed by atoms with Gasteiger partial charge in [0.15, 0.2) is 0 Å². The summed E-state index contributed by atoms with van der Waals surface area (Å²) in [5.74, 6) is 0. The van der Waals surface area contributed by atoms with E-state index in [1.165, 1.54) is 0 Å². The number of halogens is 3. The molecule has 1 heterocycles. The molecule has 0 spiro atoms. The summed E-state index contributed by atoms with van der Waals surface area (Å²) in [7, 11) is 0. The Morgan fingerprint density at radius 2 is 2.18 bits per heavy atom. The third-order valence-electron chi connectivity index (χ3n) is 1.26. The summed E-state index contributed by atoms with van der Waals surface area (Å²) in [6, 6.07) is 0.931. The van der Waals surface area contributed by atoms with Crippen LogP contribution in [0.5, 0.6) is 0 Å². The second-order valence-corrected chi connectivity index (χ2v) is 2.15. The Bertz CT molecular complexity index is 244. The van der Waals surface area contributed by atoms with E-state index >= 15 is 0 Å². The highest BCUT2D eigenvalue weighted by Crippen LogP contribution is 2.09. The second-order valence-electron chi connectivity index (χ2n) is 2.15. The highest BCUT2D eigenvalue weighted by molar-refractivity contribution is 6.72. The Morgan fingerprint density at radius 3 is 2.45 bits per heavy atom. The molecule has 0 aromatic carbocycles. The number of rotatable bonds is 2. The van der Waals surface area contributed by atoms with Gasteiger partial charge >= 0.3 is 6.98 Å². The average Bonchev–Trinajstić information content (AvgIpc) is 2.32. The van der Waals surface area contributed by atoms with Gasteiger partial charge in [0.2, 0.25) is 0 Å². The topological polar surface area (TPSA) is 26.0 Å². The van der Waals surface area contributed by atoms with Crippen LogP contribution in [-0.4, -0.2) is 12.1 Å². The zero-order valence-corrected chi connectivity index (χ0v) is 5.85. The minimum atomic E-state index is -5.02. The summed E-state index contributed by atoms with van der Waals surface area (Å²) in [5.41, 5.74) is -0.638. The molecule has 0 saturated carbocycles. The summed E-state index contributed by atoms with van der Waals surface area (Å²) in [6.07, 6.45) is 0.454. The van der Waals surface area contributed by atoms with Crippen LogP contribution in [0.3, 0.4) is 0 Å². The first-order valence-electron chi connectivity index (χ1n) is 3.19. The SMILES string of the molecule is CCc1cc([B-](F)(F)F)on1. The number of nitrogens with zero attached hydrogens (tertiary/aromatic N) is 1. The molecule has 0 aliphatic heterocycles. The van der Waals surface area contributed by atoms with E-state index in [4.69, 9.17) is 0 Å². The van der Waals surface area contributed by atoms with Crippen LogP contribution in [0, 0.1) is 0 Å². The van der Waals surface area contributed by atoms with Crippen molar-refractivity contribution in [1.82, 2.24) is 5.16 Å². The molecule has 1 aromatic rings. The molecule has 0 radical (unpaired) electrons. The van der Waals surface area contributed by atoms with Crippen molar-refractivity contribution in [1.29, 1.82) is 0 Å². The van der Waals surface area contributed by atoms with Gasteiger partial charge in [-0.15, -0.1) is 0 Å². The molecule has 0 aliphatic rings. The Morgan fingerprint density at radius 1 is 1.55 bits per heavy atom. The highest BCUT2D eigenvalue weighted by Gasteiger charge is 2.30. The molecule has 0 aliphatic carbocycles. The van der Waals surface area contributed by atoms with Crippen molar-refractivity contribution in [3.05, 3.63) is 11.8 Å². The van der Waals surface area contributed by atoms with Crippen molar-refractivity contribution in [2.75, 3.05) is 0 Å². The Kier molecular flexibility index (Phi) is 1.93. The van der Waals surface area contributed by atoms with Crippen molar-refractivity contribution >= 4 is 12.6 Å². The van der Waals surface area contributed by atoms with Crippen molar-refractivity contribution in [3.8, 4) is 0 Å². The fourth-order valence-electron chi connectivity index (χ4n) is 0.649. The third kappa shape index (κ3) is 1.75. The van der Waals surface area contributed by atoms with Crippen molar-refractivity contribution in [3.63, 3.8) is 0 Å². The van der Waals surface area contributed by atoms with E-state index in [2.05, 4.69) is 9.68 Å². The van der Waals surface area contributed by atoms with E-state index in [-0.39, 0.29) is 0 Å². The van der Waals surface area contributed by atoms with Crippen LogP contribution in [0.4, 0.5) is 12.9 Å². The van der Waals surface area contributed by atoms with Crippen LogP contribution in [0.15, 0.2) is 10.6 Å². The summed E-state index contributed by atoms with van der Waals surface area (Å²) in [6.45, 7) is -3.31. The summed E-state index contributed by atoms with van der Waals surface area (Å²) < 4.78 is 39.7. The van der Waals surface area contributed by atoms with E-state index in [9.17, 15) is 12.9 Å². The predicted octanol–water partition coefficient (Wildman–Crippen LogP) is 1.29. The molecule has 0 N–H and O–H groups in total. The molecular formula is C5H6BF3NO-. The summed E-state index contributed by atoms with van der Waals surface area (Å²) in [4.78, 5) is 0. The van der Waals surface area contributed by atoms with E-state index in [1.807, 2.05) is 0 Å². The van der Waals surface area contributed by atoms with Gasteiger partial charge in [0.25, 0.3) is 0 Å². The molecule has 0 atom stereocenters. The average molecular weight is 164 g/mol. The number of hydrogen-bond donors (Lipinski definition) is 0. The van der Waals surface area contributed by atoms with Crippen molar-refractivity contribution < 1.29 is 17.5 Å². The van der Waals surface area contributed by atoms with Gasteiger partial charge in [-0.1, -0.05) is 12.1 Å². The van der Waals surface area contributed by atoms with Crippen LogP contribution < -0.4 is 5.66 Å². The maximum atomic E-state index is 11.9. The minimum absolute atomic E-state index is 0.333. The molecule has 1 aromatic heterocycles. The van der Waals surface area contributed by atoms with E-state index in [1.54, 1.807) is 6.92 Å². The molecule has 62 valence electrons. The lowest BCUT2D eigenvalue weighted by Crippen LogP contribution is -2.32. The highest BCUT2D eigenvalue weighted by atomic mass is 19.4. The van der Waals surface area contributed by atoms with Crippen LogP contribution >= 0.6 is 0 Å². The normalized spacial score (nSPS) is 12.0. The van der Waals surface area contributed by atoms with Crippen molar-refractivity contribution in [2.45, 2.75) is 13.3 Å². The molecule has 6 heteroatoms. The molecule has 0 unspecified atom stereocenters. The van der Waals surface area contributed by atoms with E-state index < -0.39 is 12.6 Å². The lowest BCUT2D eigenvalue weighted by molar-refractivity contribution is 0.400. The van der Waals surface area contributed by atoms with Gasteiger partial charge in [-0.25, -0.2) is 0 Å². The zero-order valence-electron chi connectivity index (χ0n) is 5.85. The predicted molar refractivity (Wildman–Crippen MR) is 34.6 cm³/mol. The van der Waals surface area contributed by atoms with Crippen LogP contribution in [0.1, 0.15) is 12.6 Å². The minimum Gasteiger partial charge on any atom is -0.443 e.